The van der Waals surface area contributed by atoms with Gasteiger partial charge in [0, 0.05) is 6.42 Å². The van der Waals surface area contributed by atoms with Crippen LogP contribution in [0.5, 0.6) is 0 Å². The average Bonchev–Trinajstić information content (AvgIpc) is 2.99. The van der Waals surface area contributed by atoms with Crippen molar-refractivity contribution >= 4 is 11.9 Å². The molecule has 2 N–H and O–H groups in total. The lowest BCUT2D eigenvalue weighted by molar-refractivity contribution is -0.148. The van der Waals surface area contributed by atoms with E-state index in [9.17, 15) is 14.7 Å². The number of hydrogen-bond donors (Lipinski definition) is 2. The number of nitrogens with one attached hydrogen (secondary N) is 1. The predicted octanol–water partition coefficient (Wildman–Crippen LogP) is 1.94. The molecule has 0 bridgehead atoms. The van der Waals surface area contributed by atoms with Crippen LogP contribution in [0, 0.1) is 11.8 Å². The van der Waals surface area contributed by atoms with Gasteiger partial charge in [-0.3, -0.25) is 4.79 Å². The summed E-state index contributed by atoms with van der Waals surface area (Å²) < 4.78 is 0. The Balaban J connectivity index is 1.89. The average molecular weight is 239 g/mol. The molecule has 1 amide bonds. The van der Waals surface area contributed by atoms with Crippen LogP contribution in [0.25, 0.3) is 0 Å². The van der Waals surface area contributed by atoms with Crippen LogP contribution in [0.2, 0.25) is 0 Å². The quantitative estimate of drug-likeness (QED) is 0.770. The van der Waals surface area contributed by atoms with Crippen molar-refractivity contribution < 1.29 is 14.7 Å². The zero-order valence-electron chi connectivity index (χ0n) is 10.4. The van der Waals surface area contributed by atoms with E-state index < -0.39 is 11.5 Å². The molecule has 0 aliphatic heterocycles. The Bertz CT molecular complexity index is 319. The second kappa shape index (κ2) is 4.67. The molecule has 0 spiro atoms. The van der Waals surface area contributed by atoms with E-state index in [4.69, 9.17) is 0 Å². The smallest absolute Gasteiger partial charge is 0.329 e. The minimum atomic E-state index is -1.05. The topological polar surface area (TPSA) is 66.4 Å². The van der Waals surface area contributed by atoms with Crippen molar-refractivity contribution in [3.8, 4) is 0 Å². The first-order chi connectivity index (χ1) is 8.02. The van der Waals surface area contributed by atoms with Crippen molar-refractivity contribution in [1.82, 2.24) is 5.32 Å². The highest BCUT2D eigenvalue weighted by Crippen LogP contribution is 2.40. The van der Waals surface area contributed by atoms with Gasteiger partial charge in [-0.25, -0.2) is 4.79 Å². The van der Waals surface area contributed by atoms with Crippen LogP contribution in [0.3, 0.4) is 0 Å². The highest BCUT2D eigenvalue weighted by molar-refractivity contribution is 5.87. The van der Waals surface area contributed by atoms with E-state index in [1.807, 2.05) is 0 Å². The normalized spacial score (nSPS) is 24.3. The second-order valence-electron chi connectivity index (χ2n) is 5.68. The first-order valence-corrected chi connectivity index (χ1v) is 6.57. The summed E-state index contributed by atoms with van der Waals surface area (Å²) in [5.74, 6) is -0.409. The van der Waals surface area contributed by atoms with Crippen LogP contribution in [0.15, 0.2) is 0 Å². The zero-order valence-corrected chi connectivity index (χ0v) is 10.4. The summed E-state index contributed by atoms with van der Waals surface area (Å²) in [5, 5.41) is 12.0. The Morgan fingerprint density at radius 1 is 1.24 bits per heavy atom. The molecule has 1 atom stereocenters. The van der Waals surface area contributed by atoms with Gasteiger partial charge < -0.3 is 10.4 Å². The van der Waals surface area contributed by atoms with Gasteiger partial charge in [-0.2, -0.15) is 0 Å². The van der Waals surface area contributed by atoms with Crippen molar-refractivity contribution in [3.05, 3.63) is 0 Å². The van der Waals surface area contributed by atoms with Gasteiger partial charge in [-0.05, 0) is 44.4 Å². The maximum absolute atomic E-state index is 11.9. The molecule has 4 heteroatoms. The van der Waals surface area contributed by atoms with Crippen LogP contribution in [-0.2, 0) is 9.59 Å². The fourth-order valence-electron chi connectivity index (χ4n) is 2.81. The van der Waals surface area contributed by atoms with Crippen LogP contribution in [0.1, 0.15) is 51.9 Å². The molecular formula is C13H21NO3. The Kier molecular flexibility index (Phi) is 3.40. The molecule has 0 aromatic carbocycles. The van der Waals surface area contributed by atoms with Gasteiger partial charge in [0.15, 0.2) is 0 Å². The van der Waals surface area contributed by atoms with Crippen LogP contribution in [0.4, 0.5) is 0 Å². The van der Waals surface area contributed by atoms with Crippen molar-refractivity contribution in [1.29, 1.82) is 0 Å². The first-order valence-electron chi connectivity index (χ1n) is 6.57. The number of carbonyl (C=O) groups excluding carboxylic acids is 1. The molecule has 2 aliphatic rings. The third-order valence-corrected chi connectivity index (χ3v) is 4.19. The lowest BCUT2D eigenvalue weighted by atomic mass is 9.94. The Hall–Kier alpha value is -1.06. The van der Waals surface area contributed by atoms with Crippen molar-refractivity contribution in [2.24, 2.45) is 11.8 Å². The summed E-state index contributed by atoms with van der Waals surface area (Å²) >= 11 is 0. The first kappa shape index (κ1) is 12.4. The molecular weight excluding hydrogens is 218 g/mol. The minimum absolute atomic E-state index is 0.0892. The van der Waals surface area contributed by atoms with Crippen molar-refractivity contribution in [2.75, 3.05) is 0 Å². The number of carboxylic acids is 1. The molecule has 17 heavy (non-hydrogen) atoms. The lowest BCUT2D eigenvalue weighted by Gasteiger charge is -2.26. The Morgan fingerprint density at radius 3 is 2.29 bits per heavy atom. The summed E-state index contributed by atoms with van der Waals surface area (Å²) in [5.41, 5.74) is -1.05. The number of carbonyl (C=O) groups is 2. The van der Waals surface area contributed by atoms with E-state index >= 15 is 0 Å². The summed E-state index contributed by atoms with van der Waals surface area (Å²) in [4.78, 5) is 23.1. The largest absolute Gasteiger partial charge is 0.480 e. The predicted molar refractivity (Wildman–Crippen MR) is 63.5 cm³/mol. The molecule has 2 rings (SSSR count). The molecule has 4 nitrogen and oxygen atoms in total. The van der Waals surface area contributed by atoms with Crippen molar-refractivity contribution in [2.45, 2.75) is 57.4 Å². The number of rotatable bonds is 5. The van der Waals surface area contributed by atoms with E-state index in [1.54, 1.807) is 6.92 Å². The van der Waals surface area contributed by atoms with E-state index in [1.165, 1.54) is 12.8 Å². The van der Waals surface area contributed by atoms with Gasteiger partial charge in [-0.15, -0.1) is 0 Å². The number of aliphatic carboxylic acids is 1. The van der Waals surface area contributed by atoms with E-state index in [2.05, 4.69) is 5.32 Å². The molecule has 96 valence electrons. The number of hydrogen-bond acceptors (Lipinski definition) is 2. The van der Waals surface area contributed by atoms with Gasteiger partial charge in [0.25, 0.3) is 0 Å². The SMILES string of the molecule is C[C@@](NC(=O)CC1CCCC1)(C(=O)O)C1CC1. The summed E-state index contributed by atoms with van der Waals surface area (Å²) in [6, 6.07) is 0. The maximum atomic E-state index is 11.9. The molecule has 0 radical (unpaired) electrons. The van der Waals surface area contributed by atoms with Gasteiger partial charge in [0.1, 0.15) is 5.54 Å². The highest BCUT2D eigenvalue weighted by Gasteiger charge is 2.48. The lowest BCUT2D eigenvalue weighted by Crippen LogP contribution is -2.54. The highest BCUT2D eigenvalue weighted by atomic mass is 16.4. The third kappa shape index (κ3) is 2.79. The van der Waals surface area contributed by atoms with E-state index in [-0.39, 0.29) is 11.8 Å². The van der Waals surface area contributed by atoms with E-state index in [0.29, 0.717) is 12.3 Å². The monoisotopic (exact) mass is 239 g/mol. The summed E-state index contributed by atoms with van der Waals surface area (Å²) in [6.07, 6.45) is 6.95. The second-order valence-corrected chi connectivity index (χ2v) is 5.68. The fraction of sp³-hybridized carbons (Fsp3) is 0.846. The number of amides is 1. The van der Waals surface area contributed by atoms with Gasteiger partial charge in [0.05, 0.1) is 0 Å². The maximum Gasteiger partial charge on any atom is 0.329 e. The fourth-order valence-corrected chi connectivity index (χ4v) is 2.81. The number of carboxylic acid groups (broad SMARTS) is 1. The Labute approximate surface area is 102 Å². The minimum Gasteiger partial charge on any atom is -0.480 e. The molecule has 0 aromatic rings. The van der Waals surface area contributed by atoms with Crippen LogP contribution < -0.4 is 5.32 Å². The van der Waals surface area contributed by atoms with Gasteiger partial charge in [0.2, 0.25) is 5.91 Å². The molecule has 0 aromatic heterocycles. The van der Waals surface area contributed by atoms with Crippen LogP contribution >= 0.6 is 0 Å². The molecule has 2 aliphatic carbocycles. The van der Waals surface area contributed by atoms with Gasteiger partial charge in [-0.1, -0.05) is 12.8 Å². The van der Waals surface area contributed by atoms with Crippen LogP contribution in [-0.4, -0.2) is 22.5 Å². The molecule has 0 heterocycles. The zero-order chi connectivity index (χ0) is 12.5. The molecule has 0 unspecified atom stereocenters. The molecule has 0 saturated heterocycles. The third-order valence-electron chi connectivity index (χ3n) is 4.19. The molecule has 2 fully saturated rings. The van der Waals surface area contributed by atoms with Crippen molar-refractivity contribution in [3.63, 3.8) is 0 Å². The summed E-state index contributed by atoms with van der Waals surface area (Å²) in [7, 11) is 0. The standard InChI is InChI=1S/C13H21NO3/c1-13(12(16)17,10-6-7-10)14-11(15)8-9-4-2-3-5-9/h9-10H,2-8H2,1H3,(H,14,15)(H,16,17)/t13-/m0/s1. The Morgan fingerprint density at radius 2 is 1.82 bits per heavy atom. The molecule has 2 saturated carbocycles. The van der Waals surface area contributed by atoms with Gasteiger partial charge >= 0.3 is 5.97 Å². The summed E-state index contributed by atoms with van der Waals surface area (Å²) in [6.45, 7) is 1.64. The van der Waals surface area contributed by atoms with E-state index in [0.717, 1.165) is 25.7 Å².